The van der Waals surface area contributed by atoms with Gasteiger partial charge in [0.25, 0.3) is 0 Å². The molecule has 0 bridgehead atoms. The number of nitrogens with two attached hydrogens (primary N) is 1. The largest absolute Gasteiger partial charge is 0.575 e. The van der Waals surface area contributed by atoms with E-state index < -0.39 is 24.0 Å². The number of ether oxygens (including phenoxy) is 1. The lowest BCUT2D eigenvalue weighted by Gasteiger charge is -2.22. The highest BCUT2D eigenvalue weighted by molar-refractivity contribution is 6.07. The smallest absolute Gasteiger partial charge is 0.370 e. The van der Waals surface area contributed by atoms with Gasteiger partial charge in [0.1, 0.15) is 5.82 Å². The predicted octanol–water partition coefficient (Wildman–Crippen LogP) is 3.64. The number of benzene rings is 2. The van der Waals surface area contributed by atoms with Crippen molar-refractivity contribution < 1.29 is 27.5 Å². The maximum absolute atomic E-state index is 13.4. The number of nitrogens with zero attached hydrogens (tertiary/aromatic N) is 6. The number of primary amides is 1. The Labute approximate surface area is 231 Å². The van der Waals surface area contributed by atoms with Crippen molar-refractivity contribution >= 4 is 23.4 Å². The van der Waals surface area contributed by atoms with Gasteiger partial charge in [-0.3, -0.25) is 14.6 Å². The molecular formula is C27H24F3N7O4. The van der Waals surface area contributed by atoms with Gasteiger partial charge in [0.05, 0.1) is 5.69 Å². The van der Waals surface area contributed by atoms with Crippen LogP contribution in [0.15, 0.2) is 65.6 Å². The van der Waals surface area contributed by atoms with Crippen LogP contribution in [-0.4, -0.2) is 50.7 Å². The summed E-state index contributed by atoms with van der Waals surface area (Å²) in [6, 6.07) is 13.3. The second kappa shape index (κ2) is 10.4. The van der Waals surface area contributed by atoms with Crippen LogP contribution < -0.4 is 26.0 Å². The van der Waals surface area contributed by atoms with E-state index in [4.69, 9.17) is 5.73 Å². The molecule has 3 amide bonds. The zero-order valence-electron chi connectivity index (χ0n) is 21.9. The Balaban J connectivity index is 1.46. The van der Waals surface area contributed by atoms with Crippen LogP contribution in [-0.2, 0) is 13.5 Å². The van der Waals surface area contributed by atoms with Crippen molar-refractivity contribution in [3.05, 3.63) is 82.4 Å². The molecule has 1 saturated heterocycles. The molecular weight excluding hydrogens is 543 g/mol. The molecule has 0 aliphatic carbocycles. The number of pyridine rings is 1. The molecule has 1 aliphatic heterocycles. The van der Waals surface area contributed by atoms with Crippen LogP contribution in [0, 0.1) is 0 Å². The van der Waals surface area contributed by atoms with Crippen LogP contribution in [0.1, 0.15) is 22.8 Å². The van der Waals surface area contributed by atoms with Crippen LogP contribution in [0.5, 0.6) is 6.01 Å². The van der Waals surface area contributed by atoms with Crippen molar-refractivity contribution in [1.82, 2.24) is 19.3 Å². The van der Waals surface area contributed by atoms with Crippen molar-refractivity contribution in [3.8, 4) is 22.8 Å². The van der Waals surface area contributed by atoms with Gasteiger partial charge in [0.2, 0.25) is 5.91 Å². The van der Waals surface area contributed by atoms with Crippen molar-refractivity contribution in [2.75, 3.05) is 22.9 Å². The van der Waals surface area contributed by atoms with Gasteiger partial charge in [-0.1, -0.05) is 25.1 Å². The fraction of sp³-hybridized carbons (Fsp3) is 0.222. The molecule has 41 heavy (non-hydrogen) atoms. The average Bonchev–Trinajstić information content (AvgIpc) is 3.45. The summed E-state index contributed by atoms with van der Waals surface area (Å²) in [5.41, 5.74) is 7.77. The first-order valence-electron chi connectivity index (χ1n) is 12.5. The summed E-state index contributed by atoms with van der Waals surface area (Å²) < 4.78 is 44.0. The topological polar surface area (TPSA) is 129 Å². The van der Waals surface area contributed by atoms with Gasteiger partial charge < -0.3 is 10.5 Å². The molecule has 0 atom stereocenters. The maximum atomic E-state index is 13.4. The van der Waals surface area contributed by atoms with Crippen LogP contribution in [0.4, 0.5) is 29.5 Å². The lowest BCUT2D eigenvalue weighted by molar-refractivity contribution is -0.278. The van der Waals surface area contributed by atoms with Crippen LogP contribution in [0.25, 0.3) is 16.8 Å². The van der Waals surface area contributed by atoms with E-state index in [1.807, 2.05) is 6.92 Å². The molecule has 1 aliphatic rings. The van der Waals surface area contributed by atoms with Crippen molar-refractivity contribution in [1.29, 1.82) is 0 Å². The Bertz CT molecular complexity index is 1700. The quantitative estimate of drug-likeness (QED) is 0.363. The summed E-state index contributed by atoms with van der Waals surface area (Å²) in [4.78, 5) is 45.1. The summed E-state index contributed by atoms with van der Waals surface area (Å²) in [6.07, 6.45) is -2.94. The number of aromatic nitrogens is 4. The molecule has 5 rings (SSSR count). The first-order chi connectivity index (χ1) is 19.5. The Kier molecular flexibility index (Phi) is 6.99. The minimum atomic E-state index is -5.03. The zero-order valence-corrected chi connectivity index (χ0v) is 21.9. The molecule has 4 aromatic rings. The third-order valence-electron chi connectivity index (χ3n) is 6.63. The Hall–Kier alpha value is -5.14. The number of hydrogen-bond donors (Lipinski definition) is 1. The van der Waals surface area contributed by atoms with Gasteiger partial charge in [-0.2, -0.15) is 0 Å². The van der Waals surface area contributed by atoms with Gasteiger partial charge in [-0.15, -0.1) is 18.3 Å². The monoisotopic (exact) mass is 567 g/mol. The molecule has 0 radical (unpaired) electrons. The number of hydrogen-bond acceptors (Lipinski definition) is 6. The molecule has 1 fully saturated rings. The van der Waals surface area contributed by atoms with Crippen molar-refractivity contribution in [2.24, 2.45) is 12.8 Å². The second-order valence-electron chi connectivity index (χ2n) is 9.13. The summed E-state index contributed by atoms with van der Waals surface area (Å²) >= 11 is 0. The molecule has 2 N–H and O–H groups in total. The van der Waals surface area contributed by atoms with E-state index in [0.29, 0.717) is 36.6 Å². The Morgan fingerprint density at radius 1 is 1.02 bits per heavy atom. The van der Waals surface area contributed by atoms with Crippen LogP contribution in [0.2, 0.25) is 0 Å². The SMILES string of the molecule is CCc1c(-c2ccc(-n3c(OC(F)(F)F)nn(C)c3=O)cc2)ccnc1N1CCN(c2cccc(C(N)=O)c2)C1=O. The predicted molar refractivity (Wildman–Crippen MR) is 143 cm³/mol. The fourth-order valence-electron chi connectivity index (χ4n) is 4.76. The molecule has 11 nitrogen and oxygen atoms in total. The van der Waals surface area contributed by atoms with Gasteiger partial charge in [0.15, 0.2) is 0 Å². The lowest BCUT2D eigenvalue weighted by Crippen LogP contribution is -2.33. The number of urea groups is 1. The zero-order chi connectivity index (χ0) is 29.5. The van der Waals surface area contributed by atoms with Crippen LogP contribution in [0.3, 0.4) is 0 Å². The standard InChI is InChI=1S/C27H24F3N7O4/c1-3-20-21(16-7-9-18(10-8-16)37-24(41-27(28,29)30)33-34(2)25(37)39)11-12-32-23(20)36-14-13-35(26(36)40)19-6-4-5-17(15-19)22(31)38/h4-12,15H,3,13-14H2,1-2H3,(H2,31,38). The number of carbonyl (C=O) groups excluding carboxylic acids is 2. The molecule has 2 aromatic carbocycles. The summed E-state index contributed by atoms with van der Waals surface area (Å²) in [5.74, 6) is -0.126. The number of halogens is 3. The van der Waals surface area contributed by atoms with E-state index in [0.717, 1.165) is 20.4 Å². The number of anilines is 2. The Morgan fingerprint density at radius 3 is 2.39 bits per heavy atom. The lowest BCUT2D eigenvalue weighted by atomic mass is 9.98. The van der Waals surface area contributed by atoms with Gasteiger partial charge in [-0.25, -0.2) is 23.8 Å². The molecule has 0 unspecified atom stereocenters. The van der Waals surface area contributed by atoms with Gasteiger partial charge in [-0.05, 0) is 53.9 Å². The third kappa shape index (κ3) is 5.23. The number of alkyl halides is 3. The normalized spacial score (nSPS) is 13.6. The van der Waals surface area contributed by atoms with Crippen LogP contribution >= 0.6 is 0 Å². The molecule has 212 valence electrons. The summed E-state index contributed by atoms with van der Waals surface area (Å²) in [5, 5.41) is 3.54. The van der Waals surface area contributed by atoms with E-state index in [-0.39, 0.29) is 17.3 Å². The number of aryl methyl sites for hydroxylation is 1. The highest BCUT2D eigenvalue weighted by atomic mass is 19.4. The van der Waals surface area contributed by atoms with E-state index in [1.165, 1.54) is 19.2 Å². The molecule has 0 saturated carbocycles. The number of rotatable bonds is 7. The first-order valence-corrected chi connectivity index (χ1v) is 12.5. The minimum Gasteiger partial charge on any atom is -0.370 e. The van der Waals surface area contributed by atoms with Gasteiger partial charge in [0, 0.05) is 43.1 Å². The van der Waals surface area contributed by atoms with Crippen molar-refractivity contribution in [3.63, 3.8) is 0 Å². The molecule has 2 aromatic heterocycles. The highest BCUT2D eigenvalue weighted by Gasteiger charge is 2.35. The van der Waals surface area contributed by atoms with E-state index >= 15 is 0 Å². The van der Waals surface area contributed by atoms with Gasteiger partial charge >= 0.3 is 24.1 Å². The molecule has 3 heterocycles. The minimum absolute atomic E-state index is 0.127. The fourth-order valence-corrected chi connectivity index (χ4v) is 4.76. The van der Waals surface area contributed by atoms with E-state index in [1.54, 1.807) is 58.5 Å². The third-order valence-corrected chi connectivity index (χ3v) is 6.63. The summed E-state index contributed by atoms with van der Waals surface area (Å²) in [6.45, 7) is 2.64. The summed E-state index contributed by atoms with van der Waals surface area (Å²) in [7, 11) is 1.22. The highest BCUT2D eigenvalue weighted by Crippen LogP contribution is 2.34. The van der Waals surface area contributed by atoms with Crippen molar-refractivity contribution in [2.45, 2.75) is 19.7 Å². The van der Waals surface area contributed by atoms with E-state index in [9.17, 15) is 27.6 Å². The average molecular weight is 568 g/mol. The Morgan fingerprint density at radius 2 is 1.73 bits per heavy atom. The first kappa shape index (κ1) is 27.4. The van der Waals surface area contributed by atoms with E-state index in [2.05, 4.69) is 14.8 Å². The molecule has 0 spiro atoms. The molecule has 14 heteroatoms. The number of amides is 3. The maximum Gasteiger partial charge on any atom is 0.575 e. The number of carbonyl (C=O) groups is 2. The second-order valence-corrected chi connectivity index (χ2v) is 9.13.